The van der Waals surface area contributed by atoms with Crippen molar-refractivity contribution < 1.29 is 9.18 Å². The van der Waals surface area contributed by atoms with Gasteiger partial charge in [0.2, 0.25) is 0 Å². The summed E-state index contributed by atoms with van der Waals surface area (Å²) >= 11 is 0. The van der Waals surface area contributed by atoms with Gasteiger partial charge in [-0.1, -0.05) is 48.5 Å². The summed E-state index contributed by atoms with van der Waals surface area (Å²) in [6, 6.07) is 25.5. The Balaban J connectivity index is 1.76. The zero-order valence-corrected chi connectivity index (χ0v) is 14.3. The lowest BCUT2D eigenvalue weighted by molar-refractivity contribution is 0.102. The van der Waals surface area contributed by atoms with Crippen LogP contribution in [0.5, 0.6) is 0 Å². The Kier molecular flexibility index (Phi) is 4.49. The van der Waals surface area contributed by atoms with Crippen molar-refractivity contribution in [3.8, 4) is 16.9 Å². The van der Waals surface area contributed by atoms with Crippen LogP contribution in [0.25, 0.3) is 16.9 Å². The van der Waals surface area contributed by atoms with Crippen LogP contribution in [0.2, 0.25) is 0 Å². The minimum absolute atomic E-state index is 0.356. The number of nitrogens with one attached hydrogen (secondary N) is 1. The number of para-hydroxylation sites is 1. The van der Waals surface area contributed by atoms with Crippen LogP contribution >= 0.6 is 0 Å². The van der Waals surface area contributed by atoms with E-state index in [1.165, 1.54) is 12.1 Å². The highest BCUT2D eigenvalue weighted by Crippen LogP contribution is 2.24. The molecule has 3 aromatic carbocycles. The highest BCUT2D eigenvalue weighted by atomic mass is 19.1. The number of carbonyl (C=O) groups excluding carboxylic acids is 1. The fourth-order valence-electron chi connectivity index (χ4n) is 2.78. The molecule has 0 saturated carbocycles. The van der Waals surface area contributed by atoms with Crippen LogP contribution in [0, 0.1) is 11.9 Å². The van der Waals surface area contributed by atoms with Crippen LogP contribution in [-0.2, 0) is 0 Å². The minimum atomic E-state index is -0.411. The molecule has 0 atom stereocenters. The Bertz CT molecular complexity index is 1080. The standard InChI is InChI=1S/C22H15FN3O/c23-17-10-7-11-18(14-17)24-22(27)20-15-26(19-12-5-2-6-13-19)25-21(20)16-8-3-1-4-9-16/h2-15H,(H,24,27). The van der Waals surface area contributed by atoms with E-state index in [0.29, 0.717) is 16.9 Å². The maximum Gasteiger partial charge on any atom is 0.259 e. The van der Waals surface area contributed by atoms with Crippen LogP contribution in [0.3, 0.4) is 0 Å². The first-order valence-electron chi connectivity index (χ1n) is 8.39. The summed E-state index contributed by atoms with van der Waals surface area (Å²) in [5.41, 5.74) is 2.97. The number of nitrogens with zero attached hydrogens (tertiary/aromatic N) is 2. The lowest BCUT2D eigenvalue weighted by Gasteiger charge is -2.05. The molecule has 27 heavy (non-hydrogen) atoms. The van der Waals surface area contributed by atoms with Crippen molar-refractivity contribution >= 4 is 11.6 Å². The summed E-state index contributed by atoms with van der Waals surface area (Å²) in [7, 11) is 0. The van der Waals surface area contributed by atoms with Crippen LogP contribution in [-0.4, -0.2) is 15.7 Å². The molecule has 1 radical (unpaired) electrons. The summed E-state index contributed by atoms with van der Waals surface area (Å²) < 4.78 is 15.1. The van der Waals surface area contributed by atoms with Gasteiger partial charge in [0.05, 0.1) is 11.3 Å². The SMILES string of the molecule is O=C(Nc1cccc(F)c1)c1cn(-c2ccccc2)nc1-c1cc[c]cc1. The Labute approximate surface area is 155 Å². The molecule has 1 amide bonds. The fraction of sp³-hybridized carbons (Fsp3) is 0. The van der Waals surface area contributed by atoms with E-state index in [2.05, 4.69) is 16.5 Å². The third-order valence-electron chi connectivity index (χ3n) is 4.05. The molecule has 0 bridgehead atoms. The highest BCUT2D eigenvalue weighted by molar-refractivity contribution is 6.08. The van der Waals surface area contributed by atoms with Crippen molar-refractivity contribution in [2.75, 3.05) is 5.32 Å². The molecule has 131 valence electrons. The van der Waals surface area contributed by atoms with Crippen LogP contribution in [0.1, 0.15) is 10.4 Å². The van der Waals surface area contributed by atoms with Gasteiger partial charge in [-0.3, -0.25) is 4.79 Å². The van der Waals surface area contributed by atoms with E-state index in [-0.39, 0.29) is 5.91 Å². The largest absolute Gasteiger partial charge is 0.322 e. The summed E-state index contributed by atoms with van der Waals surface area (Å²) in [6.07, 6.45) is 1.68. The normalized spacial score (nSPS) is 10.6. The monoisotopic (exact) mass is 356 g/mol. The Hall–Kier alpha value is -3.73. The van der Waals surface area contributed by atoms with Gasteiger partial charge in [-0.2, -0.15) is 5.10 Å². The third-order valence-corrected chi connectivity index (χ3v) is 4.05. The Morgan fingerprint density at radius 2 is 1.78 bits per heavy atom. The Morgan fingerprint density at radius 1 is 1.00 bits per heavy atom. The van der Waals surface area contributed by atoms with E-state index in [1.54, 1.807) is 35.1 Å². The zero-order valence-electron chi connectivity index (χ0n) is 14.3. The molecule has 0 unspecified atom stereocenters. The number of rotatable bonds is 4. The zero-order chi connectivity index (χ0) is 18.6. The van der Waals surface area contributed by atoms with E-state index in [9.17, 15) is 9.18 Å². The molecule has 4 nitrogen and oxygen atoms in total. The average molecular weight is 356 g/mol. The van der Waals surface area contributed by atoms with Gasteiger partial charge in [0.1, 0.15) is 11.5 Å². The van der Waals surface area contributed by atoms with Gasteiger partial charge in [0, 0.05) is 17.4 Å². The third kappa shape index (κ3) is 3.62. The number of hydrogen-bond donors (Lipinski definition) is 1. The molecule has 0 aliphatic rings. The number of amides is 1. The average Bonchev–Trinajstić information content (AvgIpc) is 3.15. The van der Waals surface area contributed by atoms with Gasteiger partial charge in [-0.25, -0.2) is 9.07 Å². The van der Waals surface area contributed by atoms with Crippen molar-refractivity contribution in [2.45, 2.75) is 0 Å². The molecule has 0 aliphatic heterocycles. The van der Waals surface area contributed by atoms with Crippen molar-refractivity contribution in [3.05, 3.63) is 103 Å². The number of anilines is 1. The molecule has 5 heteroatoms. The second kappa shape index (κ2) is 7.25. The van der Waals surface area contributed by atoms with E-state index >= 15 is 0 Å². The van der Waals surface area contributed by atoms with E-state index in [0.717, 1.165) is 11.3 Å². The predicted molar refractivity (Wildman–Crippen MR) is 102 cm³/mol. The lowest BCUT2D eigenvalue weighted by Crippen LogP contribution is -2.12. The van der Waals surface area contributed by atoms with Gasteiger partial charge in [0.25, 0.3) is 5.91 Å². The molecule has 1 heterocycles. The summed E-state index contributed by atoms with van der Waals surface area (Å²) in [5.74, 6) is -0.766. The molecule has 4 rings (SSSR count). The molecular formula is C22H15FN3O. The fourth-order valence-corrected chi connectivity index (χ4v) is 2.78. The van der Waals surface area contributed by atoms with E-state index in [4.69, 9.17) is 0 Å². The minimum Gasteiger partial charge on any atom is -0.322 e. The molecule has 4 aromatic rings. The molecule has 0 aliphatic carbocycles. The first-order valence-corrected chi connectivity index (χ1v) is 8.39. The van der Waals surface area contributed by atoms with Gasteiger partial charge in [0.15, 0.2) is 0 Å². The van der Waals surface area contributed by atoms with Crippen LogP contribution in [0.15, 0.2) is 85.1 Å². The topological polar surface area (TPSA) is 46.9 Å². The summed E-state index contributed by atoms with van der Waals surface area (Å²) in [5, 5.41) is 7.33. The van der Waals surface area contributed by atoms with Crippen molar-refractivity contribution in [1.82, 2.24) is 9.78 Å². The number of carbonyl (C=O) groups is 1. The van der Waals surface area contributed by atoms with Gasteiger partial charge in [-0.05, 0) is 36.4 Å². The number of aromatic nitrogens is 2. The van der Waals surface area contributed by atoms with Gasteiger partial charge < -0.3 is 5.32 Å². The van der Waals surface area contributed by atoms with Gasteiger partial charge >= 0.3 is 0 Å². The second-order valence-corrected chi connectivity index (χ2v) is 5.92. The maximum atomic E-state index is 13.4. The number of halogens is 1. The molecule has 0 saturated heterocycles. The van der Waals surface area contributed by atoms with E-state index in [1.807, 2.05) is 42.5 Å². The first kappa shape index (κ1) is 16.7. The molecule has 0 spiro atoms. The second-order valence-electron chi connectivity index (χ2n) is 5.92. The van der Waals surface area contributed by atoms with E-state index < -0.39 is 5.82 Å². The van der Waals surface area contributed by atoms with Crippen LogP contribution in [0.4, 0.5) is 10.1 Å². The highest BCUT2D eigenvalue weighted by Gasteiger charge is 2.19. The lowest BCUT2D eigenvalue weighted by atomic mass is 10.1. The van der Waals surface area contributed by atoms with Crippen molar-refractivity contribution in [3.63, 3.8) is 0 Å². The van der Waals surface area contributed by atoms with Crippen LogP contribution < -0.4 is 5.32 Å². The summed E-state index contributed by atoms with van der Waals surface area (Å²) in [4.78, 5) is 12.9. The molecule has 0 fully saturated rings. The molecule has 1 aromatic heterocycles. The molecule has 1 N–H and O–H groups in total. The maximum absolute atomic E-state index is 13.4. The van der Waals surface area contributed by atoms with Crippen molar-refractivity contribution in [1.29, 1.82) is 0 Å². The first-order chi connectivity index (χ1) is 13.2. The quantitative estimate of drug-likeness (QED) is 0.575. The van der Waals surface area contributed by atoms with Crippen molar-refractivity contribution in [2.24, 2.45) is 0 Å². The smallest absolute Gasteiger partial charge is 0.259 e. The Morgan fingerprint density at radius 3 is 2.52 bits per heavy atom. The number of hydrogen-bond acceptors (Lipinski definition) is 2. The predicted octanol–water partition coefficient (Wildman–Crippen LogP) is 4.73. The summed E-state index contributed by atoms with van der Waals surface area (Å²) in [6.45, 7) is 0. The molecular weight excluding hydrogens is 341 g/mol. The van der Waals surface area contributed by atoms with Gasteiger partial charge in [-0.15, -0.1) is 0 Å². The number of benzene rings is 3.